The van der Waals surface area contributed by atoms with Crippen molar-refractivity contribution in [3.8, 4) is 0 Å². The molecule has 0 saturated heterocycles. The Hall–Kier alpha value is -2.29. The van der Waals surface area contributed by atoms with E-state index in [1.54, 1.807) is 13.0 Å². The molecule has 0 radical (unpaired) electrons. The summed E-state index contributed by atoms with van der Waals surface area (Å²) in [6.07, 6.45) is 0. The normalized spacial score (nSPS) is 11.2. The zero-order valence-electron chi connectivity index (χ0n) is 14.8. The SMILES string of the molecule is CCOC(=O)c1sc2cccc(F)c2c1CSc1nc(=S)c2ccccc2[nH]1. The summed E-state index contributed by atoms with van der Waals surface area (Å²) < 4.78 is 20.9. The van der Waals surface area contributed by atoms with E-state index in [9.17, 15) is 9.18 Å². The Morgan fingerprint density at radius 1 is 1.29 bits per heavy atom. The number of aromatic nitrogens is 2. The number of carbonyl (C=O) groups excluding carboxylic acids is 1. The molecule has 2 aromatic carbocycles. The maximum atomic E-state index is 14.5. The van der Waals surface area contributed by atoms with E-state index in [1.165, 1.54) is 29.2 Å². The maximum absolute atomic E-state index is 14.5. The number of fused-ring (bicyclic) bond motifs is 2. The third-order valence-electron chi connectivity index (χ3n) is 4.18. The molecule has 4 nitrogen and oxygen atoms in total. The Balaban J connectivity index is 1.74. The van der Waals surface area contributed by atoms with E-state index in [-0.39, 0.29) is 12.4 Å². The lowest BCUT2D eigenvalue weighted by Gasteiger charge is -2.06. The number of thioether (sulfide) groups is 1. The molecule has 0 aliphatic carbocycles. The standard InChI is InChI=1S/C20H15FN2O2S3/c1-2-25-19(24)17-12(16-13(21)7-5-9-15(16)28-17)10-27-20-22-14-8-4-3-6-11(14)18(26)23-20/h3-9H,2,10H2,1H3,(H,22,23,26). The first-order valence-electron chi connectivity index (χ1n) is 8.57. The number of benzene rings is 2. The molecule has 0 spiro atoms. The molecular weight excluding hydrogens is 415 g/mol. The molecule has 1 N–H and O–H groups in total. The van der Waals surface area contributed by atoms with Gasteiger partial charge in [-0.1, -0.05) is 42.2 Å². The van der Waals surface area contributed by atoms with E-state index in [2.05, 4.69) is 9.97 Å². The third kappa shape index (κ3) is 3.55. The van der Waals surface area contributed by atoms with E-state index < -0.39 is 5.97 Å². The Bertz CT molecular complexity index is 1250. The Labute approximate surface area is 173 Å². The second kappa shape index (κ2) is 7.98. The number of rotatable bonds is 5. The molecule has 0 aliphatic heterocycles. The number of hydrogen-bond acceptors (Lipinski definition) is 6. The number of esters is 1. The highest BCUT2D eigenvalue weighted by Gasteiger charge is 2.22. The smallest absolute Gasteiger partial charge is 0.348 e. The molecule has 142 valence electrons. The largest absolute Gasteiger partial charge is 0.462 e. The van der Waals surface area contributed by atoms with Crippen molar-refractivity contribution in [2.45, 2.75) is 17.8 Å². The van der Waals surface area contributed by atoms with Gasteiger partial charge in [0.2, 0.25) is 0 Å². The van der Waals surface area contributed by atoms with Gasteiger partial charge in [-0.25, -0.2) is 14.2 Å². The van der Waals surface area contributed by atoms with Crippen LogP contribution in [0, 0.1) is 10.5 Å². The first-order valence-corrected chi connectivity index (χ1v) is 10.8. The van der Waals surface area contributed by atoms with E-state index in [4.69, 9.17) is 17.0 Å². The fourth-order valence-electron chi connectivity index (χ4n) is 2.95. The summed E-state index contributed by atoms with van der Waals surface area (Å²) in [5.41, 5.74) is 1.51. The molecule has 0 bridgehead atoms. The molecular formula is C20H15FN2O2S3. The topological polar surface area (TPSA) is 55.0 Å². The number of aromatic amines is 1. The number of nitrogens with one attached hydrogen (secondary N) is 1. The molecule has 4 aromatic rings. The number of ether oxygens (including phenoxy) is 1. The summed E-state index contributed by atoms with van der Waals surface area (Å²) in [7, 11) is 0. The number of carbonyl (C=O) groups is 1. The van der Waals surface area contributed by atoms with E-state index in [0.29, 0.717) is 31.4 Å². The van der Waals surface area contributed by atoms with Crippen molar-refractivity contribution in [3.63, 3.8) is 0 Å². The van der Waals surface area contributed by atoms with Crippen LogP contribution >= 0.6 is 35.3 Å². The molecule has 28 heavy (non-hydrogen) atoms. The number of nitrogens with zero attached hydrogens (tertiary/aromatic N) is 1. The van der Waals surface area contributed by atoms with Crippen LogP contribution in [0.3, 0.4) is 0 Å². The predicted octanol–water partition coefficient (Wildman–Crippen LogP) is 6.12. The first kappa shape index (κ1) is 19.0. The minimum atomic E-state index is -0.432. The predicted molar refractivity (Wildman–Crippen MR) is 114 cm³/mol. The number of thiophene rings is 1. The number of halogens is 1. The zero-order valence-corrected chi connectivity index (χ0v) is 17.3. The molecule has 0 saturated carbocycles. The molecule has 4 rings (SSSR count). The molecule has 0 atom stereocenters. The van der Waals surface area contributed by atoms with Gasteiger partial charge in [0.05, 0.1) is 12.1 Å². The van der Waals surface area contributed by atoms with Gasteiger partial charge in [0.1, 0.15) is 15.3 Å². The minimum absolute atomic E-state index is 0.265. The lowest BCUT2D eigenvalue weighted by molar-refractivity contribution is 0.0531. The minimum Gasteiger partial charge on any atom is -0.462 e. The third-order valence-corrected chi connectivity index (χ3v) is 6.57. The zero-order chi connectivity index (χ0) is 19.7. The van der Waals surface area contributed by atoms with Crippen molar-refractivity contribution in [1.82, 2.24) is 9.97 Å². The summed E-state index contributed by atoms with van der Waals surface area (Å²) in [6, 6.07) is 12.5. The van der Waals surface area contributed by atoms with Crippen LogP contribution in [0.25, 0.3) is 21.0 Å². The Morgan fingerprint density at radius 3 is 2.93 bits per heavy atom. The average Bonchev–Trinajstić information content (AvgIpc) is 3.07. The van der Waals surface area contributed by atoms with Gasteiger partial charge in [0, 0.05) is 21.2 Å². The quantitative estimate of drug-likeness (QED) is 0.179. The van der Waals surface area contributed by atoms with Crippen LogP contribution in [0.15, 0.2) is 47.6 Å². The van der Waals surface area contributed by atoms with Crippen molar-refractivity contribution in [3.05, 3.63) is 63.4 Å². The maximum Gasteiger partial charge on any atom is 0.348 e. The summed E-state index contributed by atoms with van der Waals surface area (Å²) >= 11 is 8.01. The van der Waals surface area contributed by atoms with Crippen LogP contribution in [0.2, 0.25) is 0 Å². The van der Waals surface area contributed by atoms with Crippen LogP contribution in [-0.4, -0.2) is 22.5 Å². The van der Waals surface area contributed by atoms with Crippen LogP contribution in [0.1, 0.15) is 22.2 Å². The van der Waals surface area contributed by atoms with Gasteiger partial charge in [0.25, 0.3) is 0 Å². The molecule has 2 heterocycles. The lowest BCUT2D eigenvalue weighted by Crippen LogP contribution is -2.05. The molecule has 8 heteroatoms. The van der Waals surface area contributed by atoms with Gasteiger partial charge in [-0.2, -0.15) is 0 Å². The van der Waals surface area contributed by atoms with Crippen molar-refractivity contribution in [2.75, 3.05) is 6.61 Å². The Morgan fingerprint density at radius 2 is 2.11 bits per heavy atom. The van der Waals surface area contributed by atoms with Crippen molar-refractivity contribution < 1.29 is 13.9 Å². The summed E-state index contributed by atoms with van der Waals surface area (Å²) in [6.45, 7) is 2.01. The highest BCUT2D eigenvalue weighted by molar-refractivity contribution is 7.98. The van der Waals surface area contributed by atoms with Crippen molar-refractivity contribution >= 4 is 62.3 Å². The van der Waals surface area contributed by atoms with E-state index >= 15 is 0 Å². The number of hydrogen-bond donors (Lipinski definition) is 1. The van der Waals surface area contributed by atoms with Gasteiger partial charge in [-0.05, 0) is 36.8 Å². The fourth-order valence-corrected chi connectivity index (χ4v) is 5.40. The molecule has 2 aromatic heterocycles. The van der Waals surface area contributed by atoms with Gasteiger partial charge >= 0.3 is 5.97 Å². The van der Waals surface area contributed by atoms with Crippen LogP contribution in [-0.2, 0) is 10.5 Å². The Kier molecular flexibility index (Phi) is 5.43. The van der Waals surface area contributed by atoms with Crippen LogP contribution < -0.4 is 0 Å². The molecule has 0 fully saturated rings. The second-order valence-corrected chi connectivity index (χ2v) is 8.33. The van der Waals surface area contributed by atoms with Gasteiger partial charge in [-0.15, -0.1) is 11.3 Å². The second-order valence-electron chi connectivity index (χ2n) is 5.92. The van der Waals surface area contributed by atoms with Gasteiger partial charge in [0.15, 0.2) is 5.16 Å². The van der Waals surface area contributed by atoms with Crippen molar-refractivity contribution in [1.29, 1.82) is 0 Å². The van der Waals surface area contributed by atoms with Crippen LogP contribution in [0.4, 0.5) is 4.39 Å². The van der Waals surface area contributed by atoms with Gasteiger partial charge in [-0.3, -0.25) is 0 Å². The van der Waals surface area contributed by atoms with Crippen LogP contribution in [0.5, 0.6) is 0 Å². The summed E-state index contributed by atoms with van der Waals surface area (Å²) in [5, 5.41) is 1.96. The van der Waals surface area contributed by atoms with E-state index in [0.717, 1.165) is 15.6 Å². The molecule has 0 amide bonds. The molecule has 0 aliphatic rings. The number of H-pyrrole nitrogens is 1. The number of para-hydroxylation sites is 1. The summed E-state index contributed by atoms with van der Waals surface area (Å²) in [5.74, 6) is -0.413. The highest BCUT2D eigenvalue weighted by atomic mass is 32.2. The summed E-state index contributed by atoms with van der Waals surface area (Å²) in [4.78, 5) is 20.5. The average molecular weight is 431 g/mol. The highest BCUT2D eigenvalue weighted by Crippen LogP contribution is 2.37. The van der Waals surface area contributed by atoms with Gasteiger partial charge < -0.3 is 9.72 Å². The van der Waals surface area contributed by atoms with E-state index in [1.807, 2.05) is 30.3 Å². The fraction of sp³-hybridized carbons (Fsp3) is 0.150. The first-order chi connectivity index (χ1) is 13.6. The van der Waals surface area contributed by atoms with Crippen molar-refractivity contribution in [2.24, 2.45) is 0 Å². The monoisotopic (exact) mass is 430 g/mol. The lowest BCUT2D eigenvalue weighted by atomic mass is 10.1. The molecule has 0 unspecified atom stereocenters.